The highest BCUT2D eigenvalue weighted by molar-refractivity contribution is 9.10. The summed E-state index contributed by atoms with van der Waals surface area (Å²) in [6, 6.07) is 4.95. The molecule has 1 aromatic heterocycles. The Morgan fingerprint density at radius 1 is 1.48 bits per heavy atom. The van der Waals surface area contributed by atoms with Gasteiger partial charge in [0.25, 0.3) is 0 Å². The molecule has 0 bridgehead atoms. The number of aromatic hydroxyl groups is 1. The van der Waals surface area contributed by atoms with Gasteiger partial charge in [0.1, 0.15) is 11.1 Å². The fraction of sp³-hybridized carbons (Fsp3) is 0.200. The molecule has 0 unspecified atom stereocenters. The molecule has 0 atom stereocenters. The van der Waals surface area contributed by atoms with Crippen LogP contribution in [0.1, 0.15) is 28.0 Å². The van der Waals surface area contributed by atoms with E-state index in [9.17, 15) is 20.5 Å². The van der Waals surface area contributed by atoms with Gasteiger partial charge in [0.2, 0.25) is 5.75 Å². The van der Waals surface area contributed by atoms with E-state index in [4.69, 9.17) is 0 Å². The number of rotatable bonds is 3. The molecular weight excluding hydrogens is 382 g/mol. The highest BCUT2D eigenvalue weighted by atomic mass is 79.9. The molecular formula is C15H10BrN3O3S. The van der Waals surface area contributed by atoms with Crippen LogP contribution < -0.4 is 0 Å². The highest BCUT2D eigenvalue weighted by Crippen LogP contribution is 2.40. The number of nitro groups is 1. The van der Waals surface area contributed by atoms with E-state index in [2.05, 4.69) is 27.0 Å². The second-order valence-electron chi connectivity index (χ2n) is 5.03. The number of nitro benzene ring substituents is 1. The van der Waals surface area contributed by atoms with E-state index in [1.807, 2.05) is 0 Å². The minimum Gasteiger partial charge on any atom is -0.502 e. The minimum atomic E-state index is -0.655. The largest absolute Gasteiger partial charge is 0.502 e. The lowest BCUT2D eigenvalue weighted by molar-refractivity contribution is -0.385. The van der Waals surface area contributed by atoms with E-state index in [0.717, 1.165) is 24.8 Å². The zero-order valence-electron chi connectivity index (χ0n) is 11.7. The zero-order chi connectivity index (χ0) is 16.6. The molecule has 0 saturated carbocycles. The summed E-state index contributed by atoms with van der Waals surface area (Å²) < 4.78 is 0.470. The van der Waals surface area contributed by atoms with Crippen molar-refractivity contribution in [1.29, 1.82) is 5.26 Å². The Morgan fingerprint density at radius 3 is 2.96 bits per heavy atom. The predicted octanol–water partition coefficient (Wildman–Crippen LogP) is 4.24. The van der Waals surface area contributed by atoms with Crippen LogP contribution in [0.4, 0.5) is 10.7 Å². The molecule has 0 spiro atoms. The molecule has 0 radical (unpaired) electrons. The van der Waals surface area contributed by atoms with E-state index in [0.29, 0.717) is 15.0 Å². The Kier molecular flexibility index (Phi) is 4.15. The third-order valence-corrected chi connectivity index (χ3v) is 5.27. The summed E-state index contributed by atoms with van der Waals surface area (Å²) in [5.41, 5.74) is 1.47. The van der Waals surface area contributed by atoms with Crippen molar-refractivity contribution in [2.75, 3.05) is 0 Å². The average molecular weight is 392 g/mol. The number of phenols is 1. The van der Waals surface area contributed by atoms with Crippen LogP contribution in [0.5, 0.6) is 5.75 Å². The van der Waals surface area contributed by atoms with Crippen molar-refractivity contribution in [2.24, 2.45) is 4.99 Å². The van der Waals surface area contributed by atoms with Crippen LogP contribution in [0.3, 0.4) is 0 Å². The van der Waals surface area contributed by atoms with Gasteiger partial charge in [-0.15, -0.1) is 11.3 Å². The number of nitriles is 1. The normalized spacial score (nSPS) is 13.2. The molecule has 8 heteroatoms. The number of thiophene rings is 1. The summed E-state index contributed by atoms with van der Waals surface area (Å²) in [5, 5.41) is 30.8. The molecule has 0 saturated heterocycles. The molecule has 1 N–H and O–H groups in total. The van der Waals surface area contributed by atoms with E-state index >= 15 is 0 Å². The van der Waals surface area contributed by atoms with E-state index < -0.39 is 16.4 Å². The van der Waals surface area contributed by atoms with Crippen LogP contribution in [-0.2, 0) is 12.8 Å². The van der Waals surface area contributed by atoms with Gasteiger partial charge in [-0.05, 0) is 30.9 Å². The summed E-state index contributed by atoms with van der Waals surface area (Å²) in [4.78, 5) is 15.7. The minimum absolute atomic E-state index is 0.225. The van der Waals surface area contributed by atoms with Gasteiger partial charge in [0.05, 0.1) is 10.5 Å². The van der Waals surface area contributed by atoms with Gasteiger partial charge in [-0.3, -0.25) is 10.1 Å². The van der Waals surface area contributed by atoms with Gasteiger partial charge in [-0.1, -0.05) is 15.9 Å². The first-order valence-electron chi connectivity index (χ1n) is 6.77. The fourth-order valence-corrected chi connectivity index (χ4v) is 4.21. The van der Waals surface area contributed by atoms with Crippen LogP contribution in [0.25, 0.3) is 0 Å². The van der Waals surface area contributed by atoms with E-state index in [-0.39, 0.29) is 5.56 Å². The number of nitrogens with zero attached hydrogens (tertiary/aromatic N) is 3. The topological polar surface area (TPSA) is 99.5 Å². The Labute approximate surface area is 144 Å². The zero-order valence-corrected chi connectivity index (χ0v) is 14.1. The monoisotopic (exact) mass is 391 g/mol. The number of benzene rings is 1. The summed E-state index contributed by atoms with van der Waals surface area (Å²) in [6.07, 6.45) is 4.25. The molecule has 1 aliphatic rings. The van der Waals surface area contributed by atoms with Crippen LogP contribution in [0.2, 0.25) is 0 Å². The first-order chi connectivity index (χ1) is 11.0. The van der Waals surface area contributed by atoms with Gasteiger partial charge in [0, 0.05) is 27.2 Å². The number of fused-ring (bicyclic) bond motifs is 1. The number of hydrogen-bond acceptors (Lipinski definition) is 6. The Balaban J connectivity index is 2.02. The Bertz CT molecular complexity index is 883. The molecule has 0 fully saturated rings. The smallest absolute Gasteiger partial charge is 0.312 e. The maximum absolute atomic E-state index is 10.9. The van der Waals surface area contributed by atoms with Crippen molar-refractivity contribution >= 4 is 44.2 Å². The fourth-order valence-electron chi connectivity index (χ4n) is 2.57. The number of hydrogen-bond donors (Lipinski definition) is 1. The molecule has 2 aromatic rings. The average Bonchev–Trinajstić information content (AvgIpc) is 3.07. The van der Waals surface area contributed by atoms with E-state index in [1.165, 1.54) is 28.5 Å². The molecule has 1 aromatic carbocycles. The van der Waals surface area contributed by atoms with E-state index in [1.54, 1.807) is 6.07 Å². The number of halogens is 1. The molecule has 6 nitrogen and oxygen atoms in total. The lowest BCUT2D eigenvalue weighted by Crippen LogP contribution is -1.92. The van der Waals surface area contributed by atoms with Gasteiger partial charge >= 0.3 is 5.69 Å². The first kappa shape index (κ1) is 15.6. The Hall–Kier alpha value is -2.24. The van der Waals surface area contributed by atoms with Crippen molar-refractivity contribution in [3.05, 3.63) is 48.3 Å². The van der Waals surface area contributed by atoms with Crippen molar-refractivity contribution in [3.8, 4) is 11.8 Å². The van der Waals surface area contributed by atoms with Gasteiger partial charge < -0.3 is 5.11 Å². The molecule has 3 rings (SSSR count). The summed E-state index contributed by atoms with van der Waals surface area (Å²) in [5.74, 6) is -0.440. The predicted molar refractivity (Wildman–Crippen MR) is 90.8 cm³/mol. The molecule has 23 heavy (non-hydrogen) atoms. The summed E-state index contributed by atoms with van der Waals surface area (Å²) in [7, 11) is 0. The van der Waals surface area contributed by atoms with Crippen molar-refractivity contribution in [2.45, 2.75) is 19.3 Å². The Morgan fingerprint density at radius 2 is 2.26 bits per heavy atom. The van der Waals surface area contributed by atoms with Crippen molar-refractivity contribution in [3.63, 3.8) is 0 Å². The second kappa shape index (κ2) is 6.10. The number of aryl methyl sites for hydroxylation is 1. The standard InChI is InChI=1S/C15H10BrN3O3S/c16-9-4-8(14(20)12(5-9)19(21)22)7-18-15-11(6-17)10-2-1-3-13(10)23-15/h4-5,7,20H,1-3H2/b18-7+. The lowest BCUT2D eigenvalue weighted by atomic mass is 10.1. The third-order valence-electron chi connectivity index (χ3n) is 3.62. The maximum atomic E-state index is 10.9. The quantitative estimate of drug-likeness (QED) is 0.480. The highest BCUT2D eigenvalue weighted by Gasteiger charge is 2.22. The van der Waals surface area contributed by atoms with Gasteiger partial charge in [0.15, 0.2) is 0 Å². The maximum Gasteiger partial charge on any atom is 0.312 e. The molecule has 1 heterocycles. The first-order valence-corrected chi connectivity index (χ1v) is 8.37. The molecule has 0 aliphatic heterocycles. The molecule has 1 aliphatic carbocycles. The molecule has 116 valence electrons. The SMILES string of the molecule is N#Cc1c(/N=C/c2cc(Br)cc([N+](=O)[O-])c2O)sc2c1CCC2. The van der Waals surface area contributed by atoms with Crippen LogP contribution in [-0.4, -0.2) is 16.2 Å². The van der Waals surface area contributed by atoms with Gasteiger partial charge in [-0.2, -0.15) is 5.26 Å². The van der Waals surface area contributed by atoms with Crippen LogP contribution in [0.15, 0.2) is 21.6 Å². The van der Waals surface area contributed by atoms with Crippen molar-refractivity contribution < 1.29 is 10.0 Å². The van der Waals surface area contributed by atoms with Crippen LogP contribution >= 0.6 is 27.3 Å². The number of phenolic OH excluding ortho intramolecular Hbond substituents is 1. The van der Waals surface area contributed by atoms with Crippen LogP contribution in [0, 0.1) is 21.4 Å². The summed E-state index contributed by atoms with van der Waals surface area (Å²) >= 11 is 4.64. The summed E-state index contributed by atoms with van der Waals surface area (Å²) in [6.45, 7) is 0. The second-order valence-corrected chi connectivity index (χ2v) is 7.03. The number of aliphatic imine (C=N–C) groups is 1. The molecule has 0 amide bonds. The van der Waals surface area contributed by atoms with Gasteiger partial charge in [-0.25, -0.2) is 4.99 Å². The lowest BCUT2D eigenvalue weighted by Gasteiger charge is -2.01. The van der Waals surface area contributed by atoms with Crippen molar-refractivity contribution in [1.82, 2.24) is 0 Å². The third kappa shape index (κ3) is 2.85.